The van der Waals surface area contributed by atoms with E-state index in [4.69, 9.17) is 9.47 Å². The van der Waals surface area contributed by atoms with Gasteiger partial charge in [-0.1, -0.05) is 46.3 Å². The minimum Gasteiger partial charge on any atom is -0.508 e. The van der Waals surface area contributed by atoms with Crippen LogP contribution in [-0.2, 0) is 4.74 Å². The summed E-state index contributed by atoms with van der Waals surface area (Å²) < 4.78 is 12.6. The molecule has 0 aliphatic rings. The highest BCUT2D eigenvalue weighted by Crippen LogP contribution is 2.29. The van der Waals surface area contributed by atoms with Gasteiger partial charge in [0, 0.05) is 23.2 Å². The van der Waals surface area contributed by atoms with Crippen molar-refractivity contribution in [2.45, 2.75) is 18.6 Å². The number of carbonyl (C=O) groups is 1. The maximum Gasteiger partial charge on any atom is 0.412 e. The Morgan fingerprint density at radius 3 is 2.27 bits per heavy atom. The molecule has 3 N–H and O–H groups in total. The maximum absolute atomic E-state index is 12.6. The standard InChI is InChI=1S/C23H22BrNO5/c24-17-8-10-18(11-9-17)25-23(28)30-22(16-6-12-19(27)13-7-16)21(14-15-26)29-20-4-2-1-3-5-20/h1-13,21-22,26-27H,14-15H2,(H,25,28)/t21-,22-/m1/s1. The van der Waals surface area contributed by atoms with E-state index in [9.17, 15) is 15.0 Å². The van der Waals surface area contributed by atoms with Gasteiger partial charge in [0.1, 0.15) is 17.6 Å². The summed E-state index contributed by atoms with van der Waals surface area (Å²) in [6.45, 7) is -0.149. The molecule has 6 nitrogen and oxygen atoms in total. The minimum absolute atomic E-state index is 0.0968. The zero-order valence-electron chi connectivity index (χ0n) is 16.1. The van der Waals surface area contributed by atoms with Gasteiger partial charge < -0.3 is 19.7 Å². The second-order valence-electron chi connectivity index (χ2n) is 6.53. The number of phenolic OH excluding ortho intramolecular Hbond substituents is 1. The van der Waals surface area contributed by atoms with Crippen LogP contribution in [0.2, 0.25) is 0 Å². The smallest absolute Gasteiger partial charge is 0.412 e. The van der Waals surface area contributed by atoms with Crippen LogP contribution in [0.3, 0.4) is 0 Å². The topological polar surface area (TPSA) is 88.0 Å². The van der Waals surface area contributed by atoms with Crippen molar-refractivity contribution in [3.63, 3.8) is 0 Å². The lowest BCUT2D eigenvalue weighted by atomic mass is 10.0. The van der Waals surface area contributed by atoms with Crippen molar-refractivity contribution in [2.24, 2.45) is 0 Å². The number of phenols is 1. The molecule has 7 heteroatoms. The van der Waals surface area contributed by atoms with Crippen molar-refractivity contribution in [3.8, 4) is 11.5 Å². The normalized spacial score (nSPS) is 12.6. The van der Waals surface area contributed by atoms with Crippen molar-refractivity contribution in [3.05, 3.63) is 88.9 Å². The first-order chi connectivity index (χ1) is 14.5. The summed E-state index contributed by atoms with van der Waals surface area (Å²) in [6.07, 6.45) is -1.87. The van der Waals surface area contributed by atoms with Crippen molar-refractivity contribution in [1.82, 2.24) is 0 Å². The second kappa shape index (κ2) is 10.7. The quantitative estimate of drug-likeness (QED) is 0.416. The van der Waals surface area contributed by atoms with Crippen molar-refractivity contribution in [2.75, 3.05) is 11.9 Å². The molecule has 0 radical (unpaired) electrons. The van der Waals surface area contributed by atoms with E-state index in [1.54, 1.807) is 48.5 Å². The number of halogens is 1. The number of aliphatic hydroxyl groups excluding tert-OH is 1. The monoisotopic (exact) mass is 471 g/mol. The van der Waals surface area contributed by atoms with E-state index in [-0.39, 0.29) is 18.8 Å². The largest absolute Gasteiger partial charge is 0.508 e. The van der Waals surface area contributed by atoms with Crippen LogP contribution in [0, 0.1) is 0 Å². The molecule has 0 fully saturated rings. The number of carbonyl (C=O) groups excluding carboxylic acids is 1. The van der Waals surface area contributed by atoms with E-state index in [0.717, 1.165) is 4.47 Å². The fourth-order valence-corrected chi connectivity index (χ4v) is 3.16. The summed E-state index contributed by atoms with van der Waals surface area (Å²) in [4.78, 5) is 12.6. The van der Waals surface area contributed by atoms with Gasteiger partial charge in [0.25, 0.3) is 0 Å². The maximum atomic E-state index is 12.6. The minimum atomic E-state index is -0.812. The molecule has 0 aliphatic carbocycles. The predicted molar refractivity (Wildman–Crippen MR) is 118 cm³/mol. The third-order valence-electron chi connectivity index (χ3n) is 4.33. The Morgan fingerprint density at radius 1 is 0.967 bits per heavy atom. The molecule has 0 saturated carbocycles. The molecular formula is C23H22BrNO5. The number of hydrogen-bond acceptors (Lipinski definition) is 5. The number of aliphatic hydroxyl groups is 1. The van der Waals surface area contributed by atoms with Gasteiger partial charge in [0.2, 0.25) is 0 Å². The van der Waals surface area contributed by atoms with Crippen LogP contribution in [0.4, 0.5) is 10.5 Å². The van der Waals surface area contributed by atoms with Gasteiger partial charge in [-0.05, 0) is 54.1 Å². The highest BCUT2D eigenvalue weighted by Gasteiger charge is 2.29. The second-order valence-corrected chi connectivity index (χ2v) is 7.45. The number of aromatic hydroxyl groups is 1. The van der Waals surface area contributed by atoms with Gasteiger partial charge in [-0.15, -0.1) is 0 Å². The summed E-state index contributed by atoms with van der Waals surface area (Å²) in [7, 11) is 0. The summed E-state index contributed by atoms with van der Waals surface area (Å²) in [6, 6.07) is 22.6. The van der Waals surface area contributed by atoms with Crippen LogP contribution >= 0.6 is 15.9 Å². The van der Waals surface area contributed by atoms with Crippen LogP contribution in [0.25, 0.3) is 0 Å². The van der Waals surface area contributed by atoms with Crippen LogP contribution in [0.15, 0.2) is 83.3 Å². The fraction of sp³-hybridized carbons (Fsp3) is 0.174. The van der Waals surface area contributed by atoms with Gasteiger partial charge in [0.15, 0.2) is 6.10 Å². The summed E-state index contributed by atoms with van der Waals surface area (Å²) in [5.74, 6) is 0.691. The van der Waals surface area contributed by atoms with Gasteiger partial charge in [-0.2, -0.15) is 0 Å². The Hall–Kier alpha value is -3.03. The molecule has 0 unspecified atom stereocenters. The average Bonchev–Trinajstić information content (AvgIpc) is 2.75. The van der Waals surface area contributed by atoms with Gasteiger partial charge in [0.05, 0.1) is 0 Å². The zero-order valence-corrected chi connectivity index (χ0v) is 17.7. The number of nitrogens with one attached hydrogen (secondary N) is 1. The van der Waals surface area contributed by atoms with Crippen LogP contribution in [-0.4, -0.2) is 29.0 Å². The number of benzene rings is 3. The Labute approximate surface area is 183 Å². The van der Waals surface area contributed by atoms with Gasteiger partial charge in [-0.3, -0.25) is 5.32 Å². The number of hydrogen-bond donors (Lipinski definition) is 3. The first-order valence-electron chi connectivity index (χ1n) is 9.40. The molecule has 0 aliphatic heterocycles. The van der Waals surface area contributed by atoms with E-state index in [2.05, 4.69) is 21.2 Å². The number of anilines is 1. The first-order valence-corrected chi connectivity index (χ1v) is 10.2. The molecule has 30 heavy (non-hydrogen) atoms. The highest BCUT2D eigenvalue weighted by molar-refractivity contribution is 9.10. The molecule has 0 spiro atoms. The van der Waals surface area contributed by atoms with Crippen molar-refractivity contribution < 1.29 is 24.5 Å². The molecule has 0 heterocycles. The molecule has 3 rings (SSSR count). The van der Waals surface area contributed by atoms with Crippen LogP contribution in [0.5, 0.6) is 11.5 Å². The van der Waals surface area contributed by atoms with E-state index in [1.165, 1.54) is 12.1 Å². The summed E-state index contributed by atoms with van der Waals surface area (Å²) in [5, 5.41) is 21.9. The van der Waals surface area contributed by atoms with E-state index >= 15 is 0 Å². The fourth-order valence-electron chi connectivity index (χ4n) is 2.89. The molecule has 3 aromatic rings. The third kappa shape index (κ3) is 6.23. The first kappa shape index (κ1) is 21.7. The van der Waals surface area contributed by atoms with Gasteiger partial charge in [-0.25, -0.2) is 4.79 Å². The molecule has 2 atom stereocenters. The Balaban J connectivity index is 1.83. The van der Waals surface area contributed by atoms with E-state index < -0.39 is 18.3 Å². The molecular weight excluding hydrogens is 450 g/mol. The Bertz CT molecular complexity index is 932. The van der Waals surface area contributed by atoms with E-state index in [1.807, 2.05) is 18.2 Å². The average molecular weight is 472 g/mol. The molecule has 3 aromatic carbocycles. The Kier molecular flexibility index (Phi) is 7.70. The summed E-state index contributed by atoms with van der Waals surface area (Å²) >= 11 is 3.35. The SMILES string of the molecule is O=C(Nc1ccc(Br)cc1)O[C@H](c1ccc(O)cc1)[C@@H](CCO)Oc1ccccc1. The Morgan fingerprint density at radius 2 is 1.63 bits per heavy atom. The molecule has 156 valence electrons. The number of rotatable bonds is 8. The van der Waals surface area contributed by atoms with Crippen molar-refractivity contribution in [1.29, 1.82) is 0 Å². The molecule has 0 aromatic heterocycles. The zero-order chi connectivity index (χ0) is 21.3. The van der Waals surface area contributed by atoms with Gasteiger partial charge >= 0.3 is 6.09 Å². The number of ether oxygens (including phenoxy) is 2. The lowest BCUT2D eigenvalue weighted by Crippen LogP contribution is -2.31. The molecule has 0 saturated heterocycles. The predicted octanol–water partition coefficient (Wildman–Crippen LogP) is 5.27. The van der Waals surface area contributed by atoms with Crippen LogP contribution in [0.1, 0.15) is 18.1 Å². The van der Waals surface area contributed by atoms with E-state index in [0.29, 0.717) is 17.0 Å². The number of para-hydroxylation sites is 1. The molecule has 0 bridgehead atoms. The van der Waals surface area contributed by atoms with Crippen molar-refractivity contribution >= 4 is 27.7 Å². The molecule has 1 amide bonds. The number of amides is 1. The highest BCUT2D eigenvalue weighted by atomic mass is 79.9. The third-order valence-corrected chi connectivity index (χ3v) is 4.86. The summed E-state index contributed by atoms with van der Waals surface area (Å²) in [5.41, 5.74) is 1.21. The lowest BCUT2D eigenvalue weighted by molar-refractivity contribution is 0.00907. The van der Waals surface area contributed by atoms with Crippen LogP contribution < -0.4 is 10.1 Å². The lowest BCUT2D eigenvalue weighted by Gasteiger charge is -2.28.